The van der Waals surface area contributed by atoms with Crippen molar-refractivity contribution >= 4 is 5.97 Å². The predicted molar refractivity (Wildman–Crippen MR) is 80.0 cm³/mol. The molecule has 0 aromatic heterocycles. The molecule has 0 spiro atoms. The Hall–Kier alpha value is -1.55. The molecule has 0 fully saturated rings. The van der Waals surface area contributed by atoms with E-state index in [-0.39, 0.29) is 12.4 Å². The van der Waals surface area contributed by atoms with Gasteiger partial charge >= 0.3 is 5.97 Å². The van der Waals surface area contributed by atoms with E-state index in [0.29, 0.717) is 6.61 Å². The molecule has 20 heavy (non-hydrogen) atoms. The second-order valence-corrected chi connectivity index (χ2v) is 4.91. The van der Waals surface area contributed by atoms with Crippen molar-refractivity contribution in [2.24, 2.45) is 0 Å². The van der Waals surface area contributed by atoms with Crippen molar-refractivity contribution in [3.05, 3.63) is 28.8 Å². The highest BCUT2D eigenvalue weighted by molar-refractivity contribution is 5.69. The van der Waals surface area contributed by atoms with Crippen LogP contribution in [0.4, 0.5) is 0 Å². The summed E-state index contributed by atoms with van der Waals surface area (Å²) in [6, 6.07) is 4.26. The van der Waals surface area contributed by atoms with E-state index in [9.17, 15) is 4.79 Å². The van der Waals surface area contributed by atoms with E-state index in [1.54, 1.807) is 0 Å². The van der Waals surface area contributed by atoms with Crippen LogP contribution < -0.4 is 10.1 Å². The highest BCUT2D eigenvalue weighted by Crippen LogP contribution is 2.25. The third-order valence-electron chi connectivity index (χ3n) is 3.06. The molecule has 0 amide bonds. The summed E-state index contributed by atoms with van der Waals surface area (Å²) in [5, 5.41) is 3.39. The fourth-order valence-electron chi connectivity index (χ4n) is 2.12. The average Bonchev–Trinajstić information content (AvgIpc) is 2.42. The summed E-state index contributed by atoms with van der Waals surface area (Å²) >= 11 is 0. The molecule has 0 saturated carbocycles. The van der Waals surface area contributed by atoms with Crippen LogP contribution >= 0.6 is 0 Å². The Morgan fingerprint density at radius 3 is 2.45 bits per heavy atom. The molecule has 1 rings (SSSR count). The fraction of sp³-hybridized carbons (Fsp3) is 0.562. The van der Waals surface area contributed by atoms with Crippen LogP contribution in [-0.4, -0.2) is 26.2 Å². The molecular weight excluding hydrogens is 254 g/mol. The number of carbonyl (C=O) groups excluding carboxylic acids is 1. The zero-order valence-corrected chi connectivity index (χ0v) is 12.9. The van der Waals surface area contributed by atoms with Gasteiger partial charge in [-0.2, -0.15) is 0 Å². The van der Waals surface area contributed by atoms with Crippen molar-refractivity contribution in [2.45, 2.75) is 40.2 Å². The summed E-state index contributed by atoms with van der Waals surface area (Å²) in [6.45, 7) is 8.46. The van der Waals surface area contributed by atoms with E-state index in [1.165, 1.54) is 12.7 Å². The van der Waals surface area contributed by atoms with Crippen LogP contribution in [0.25, 0.3) is 0 Å². The number of rotatable bonds is 8. The van der Waals surface area contributed by atoms with Gasteiger partial charge in [0.05, 0.1) is 20.1 Å². The molecule has 0 saturated heterocycles. The largest absolute Gasteiger partial charge is 0.492 e. The molecule has 0 bridgehead atoms. The molecule has 0 heterocycles. The van der Waals surface area contributed by atoms with E-state index in [1.807, 2.05) is 13.8 Å². The zero-order chi connectivity index (χ0) is 15.0. The highest BCUT2D eigenvalue weighted by atomic mass is 16.5. The normalized spacial score (nSPS) is 10.4. The van der Waals surface area contributed by atoms with Gasteiger partial charge in [-0.05, 0) is 43.5 Å². The van der Waals surface area contributed by atoms with Gasteiger partial charge in [-0.1, -0.05) is 19.1 Å². The maximum Gasteiger partial charge on any atom is 0.308 e. The lowest BCUT2D eigenvalue weighted by atomic mass is 10.1. The van der Waals surface area contributed by atoms with Crippen molar-refractivity contribution in [1.29, 1.82) is 0 Å². The summed E-state index contributed by atoms with van der Waals surface area (Å²) < 4.78 is 10.3. The van der Waals surface area contributed by atoms with Crippen molar-refractivity contribution in [2.75, 3.05) is 20.3 Å². The zero-order valence-electron chi connectivity index (χ0n) is 12.9. The number of ether oxygens (including phenoxy) is 2. The number of benzene rings is 1. The first-order chi connectivity index (χ1) is 9.58. The van der Waals surface area contributed by atoms with Crippen LogP contribution in [0.2, 0.25) is 0 Å². The Kier molecular flexibility index (Phi) is 7.09. The van der Waals surface area contributed by atoms with Gasteiger partial charge < -0.3 is 14.8 Å². The molecule has 0 unspecified atom stereocenters. The summed E-state index contributed by atoms with van der Waals surface area (Å²) in [6.07, 6.45) is 1.40. The topological polar surface area (TPSA) is 47.6 Å². The fourth-order valence-corrected chi connectivity index (χ4v) is 2.12. The first-order valence-corrected chi connectivity index (χ1v) is 7.09. The third kappa shape index (κ3) is 5.21. The molecule has 1 aromatic rings. The number of nitrogens with one attached hydrogen (secondary N) is 1. The number of aryl methyl sites for hydroxylation is 2. The Labute approximate surface area is 121 Å². The van der Waals surface area contributed by atoms with E-state index < -0.39 is 0 Å². The molecule has 0 radical (unpaired) electrons. The Morgan fingerprint density at radius 1 is 1.25 bits per heavy atom. The molecule has 0 aliphatic carbocycles. The third-order valence-corrected chi connectivity index (χ3v) is 3.06. The summed E-state index contributed by atoms with van der Waals surface area (Å²) in [5.74, 6) is 0.619. The lowest BCUT2D eigenvalue weighted by Crippen LogP contribution is -2.14. The molecule has 1 aromatic carbocycles. The van der Waals surface area contributed by atoms with Gasteiger partial charge in [-0.3, -0.25) is 4.79 Å². The van der Waals surface area contributed by atoms with Crippen LogP contribution in [-0.2, 0) is 16.1 Å². The molecule has 112 valence electrons. The van der Waals surface area contributed by atoms with E-state index in [4.69, 9.17) is 4.74 Å². The molecule has 0 aliphatic rings. The summed E-state index contributed by atoms with van der Waals surface area (Å²) in [5.41, 5.74) is 3.46. The smallest absolute Gasteiger partial charge is 0.308 e. The quantitative estimate of drug-likeness (QED) is 0.587. The Morgan fingerprint density at radius 2 is 1.90 bits per heavy atom. The summed E-state index contributed by atoms with van der Waals surface area (Å²) in [4.78, 5) is 11.1. The van der Waals surface area contributed by atoms with Crippen LogP contribution in [0.15, 0.2) is 12.1 Å². The maximum absolute atomic E-state index is 11.1. The Bertz CT molecular complexity index is 420. The minimum absolute atomic E-state index is 0.249. The van der Waals surface area contributed by atoms with E-state index >= 15 is 0 Å². The lowest BCUT2D eigenvalue weighted by molar-refractivity contribution is -0.141. The molecule has 4 nitrogen and oxygen atoms in total. The molecule has 0 atom stereocenters. The number of esters is 1. The van der Waals surface area contributed by atoms with Gasteiger partial charge in [0.1, 0.15) is 5.75 Å². The van der Waals surface area contributed by atoms with E-state index in [2.05, 4.69) is 29.1 Å². The lowest BCUT2D eigenvalue weighted by Gasteiger charge is -2.14. The average molecular weight is 279 g/mol. The van der Waals surface area contributed by atoms with Crippen LogP contribution in [0, 0.1) is 13.8 Å². The first kappa shape index (κ1) is 16.5. The van der Waals surface area contributed by atoms with Crippen molar-refractivity contribution < 1.29 is 14.3 Å². The summed E-state index contributed by atoms with van der Waals surface area (Å²) in [7, 11) is 1.39. The number of hydrogen-bond donors (Lipinski definition) is 1. The molecule has 1 N–H and O–H groups in total. The van der Waals surface area contributed by atoms with Crippen molar-refractivity contribution in [1.82, 2.24) is 5.32 Å². The van der Waals surface area contributed by atoms with Gasteiger partial charge in [0.15, 0.2) is 0 Å². The minimum atomic E-state index is -0.249. The molecule has 4 heteroatoms. The van der Waals surface area contributed by atoms with Crippen molar-refractivity contribution in [3.63, 3.8) is 0 Å². The molecule has 0 aliphatic heterocycles. The predicted octanol–water partition coefficient (Wildman–Crippen LogP) is 2.74. The second-order valence-electron chi connectivity index (χ2n) is 4.91. The number of methoxy groups -OCH3 is 1. The van der Waals surface area contributed by atoms with Gasteiger partial charge in [0, 0.05) is 6.54 Å². The van der Waals surface area contributed by atoms with Crippen LogP contribution in [0.3, 0.4) is 0 Å². The minimum Gasteiger partial charge on any atom is -0.492 e. The monoisotopic (exact) mass is 279 g/mol. The number of hydrogen-bond acceptors (Lipinski definition) is 4. The number of carbonyl (C=O) groups is 1. The van der Waals surface area contributed by atoms with Gasteiger partial charge in [-0.25, -0.2) is 0 Å². The van der Waals surface area contributed by atoms with Crippen LogP contribution in [0.5, 0.6) is 5.75 Å². The maximum atomic E-state index is 11.1. The molecular formula is C16H25NO3. The van der Waals surface area contributed by atoms with Gasteiger partial charge in [0.25, 0.3) is 0 Å². The second kappa shape index (κ2) is 8.59. The highest BCUT2D eigenvalue weighted by Gasteiger charge is 2.08. The van der Waals surface area contributed by atoms with Crippen LogP contribution in [0.1, 0.15) is 36.5 Å². The SMILES string of the molecule is CCCNCc1cc(C)c(OCCC(=O)OC)c(C)c1. The van der Waals surface area contributed by atoms with Crippen molar-refractivity contribution in [3.8, 4) is 5.75 Å². The van der Waals surface area contributed by atoms with Gasteiger partial charge in [0.2, 0.25) is 0 Å². The van der Waals surface area contributed by atoms with E-state index in [0.717, 1.165) is 36.4 Å². The first-order valence-electron chi connectivity index (χ1n) is 7.09. The standard InChI is InChI=1S/C16H25NO3/c1-5-7-17-11-14-9-12(2)16(13(3)10-14)20-8-6-15(18)19-4/h9-10,17H,5-8,11H2,1-4H3. The van der Waals surface area contributed by atoms with Gasteiger partial charge in [-0.15, -0.1) is 0 Å². The Balaban J connectivity index is 2.61.